The van der Waals surface area contributed by atoms with Crippen LogP contribution in [0.15, 0.2) is 12.4 Å². The lowest BCUT2D eigenvalue weighted by molar-refractivity contribution is 0.0366. The lowest BCUT2D eigenvalue weighted by Gasteiger charge is -2.38. The van der Waals surface area contributed by atoms with Gasteiger partial charge in [-0.1, -0.05) is 6.42 Å². The fraction of sp³-hybridized carbons (Fsp3) is 0.583. The molecule has 1 aromatic rings. The summed E-state index contributed by atoms with van der Waals surface area (Å²) in [6.45, 7) is 4.22. The van der Waals surface area contributed by atoms with Crippen molar-refractivity contribution in [2.24, 2.45) is 5.84 Å². The molecule has 2 atom stereocenters. The predicted octanol–water partition coefficient (Wildman–Crippen LogP) is 0.670. The molecule has 1 saturated heterocycles. The Hall–Kier alpha value is -1.73. The van der Waals surface area contributed by atoms with Crippen LogP contribution in [0.5, 0.6) is 0 Å². The van der Waals surface area contributed by atoms with E-state index in [2.05, 4.69) is 34.7 Å². The van der Waals surface area contributed by atoms with Gasteiger partial charge in [-0.25, -0.2) is 15.8 Å². The number of hydrazine groups is 2. The van der Waals surface area contributed by atoms with Crippen molar-refractivity contribution in [3.8, 4) is 0 Å². The van der Waals surface area contributed by atoms with Gasteiger partial charge < -0.3 is 5.43 Å². The Labute approximate surface area is 112 Å². The summed E-state index contributed by atoms with van der Waals surface area (Å²) in [5.74, 6) is 5.36. The first-order valence-corrected chi connectivity index (χ1v) is 6.49. The lowest BCUT2D eigenvalue weighted by Crippen LogP contribution is -2.54. The lowest BCUT2D eigenvalue weighted by atomic mass is 10.00. The molecule has 2 rings (SSSR count). The molecule has 0 spiro atoms. The number of carbonyl (C=O) groups excluding carboxylic acids is 1. The van der Waals surface area contributed by atoms with E-state index in [0.717, 1.165) is 12.8 Å². The number of aromatic nitrogens is 2. The quantitative estimate of drug-likeness (QED) is 0.548. The summed E-state index contributed by atoms with van der Waals surface area (Å²) >= 11 is 0. The maximum atomic E-state index is 12.1. The fourth-order valence-corrected chi connectivity index (χ4v) is 2.36. The Balaban J connectivity index is 2.07. The molecule has 0 saturated carbocycles. The van der Waals surface area contributed by atoms with E-state index < -0.39 is 0 Å². The van der Waals surface area contributed by atoms with E-state index in [1.54, 1.807) is 0 Å². The van der Waals surface area contributed by atoms with Crippen LogP contribution >= 0.6 is 0 Å². The number of anilines is 1. The number of hydrogen-bond acceptors (Lipinski definition) is 6. The Bertz CT molecular complexity index is 442. The van der Waals surface area contributed by atoms with E-state index >= 15 is 0 Å². The maximum Gasteiger partial charge on any atom is 0.285 e. The Kier molecular flexibility index (Phi) is 4.28. The molecule has 0 radical (unpaired) electrons. The van der Waals surface area contributed by atoms with Gasteiger partial charge in [0, 0.05) is 12.1 Å². The number of nitrogens with zero attached hydrogens (tertiary/aromatic N) is 3. The molecule has 0 bridgehead atoms. The van der Waals surface area contributed by atoms with Gasteiger partial charge in [-0.3, -0.25) is 15.2 Å². The minimum atomic E-state index is -0.259. The van der Waals surface area contributed by atoms with Crippen LogP contribution < -0.4 is 16.7 Å². The Morgan fingerprint density at radius 2 is 2.05 bits per heavy atom. The van der Waals surface area contributed by atoms with Crippen molar-refractivity contribution < 1.29 is 4.79 Å². The summed E-state index contributed by atoms with van der Waals surface area (Å²) in [5, 5.41) is 2.00. The van der Waals surface area contributed by atoms with Crippen molar-refractivity contribution in [3.05, 3.63) is 18.1 Å². The third kappa shape index (κ3) is 3.18. The molecule has 1 amide bonds. The third-order valence-corrected chi connectivity index (χ3v) is 3.44. The molecule has 0 aromatic carbocycles. The monoisotopic (exact) mass is 264 g/mol. The van der Waals surface area contributed by atoms with Gasteiger partial charge in [0.1, 0.15) is 5.69 Å². The average Bonchev–Trinajstić information content (AvgIpc) is 2.43. The van der Waals surface area contributed by atoms with Crippen molar-refractivity contribution in [1.29, 1.82) is 0 Å². The smallest absolute Gasteiger partial charge is 0.285 e. The second-order valence-electron chi connectivity index (χ2n) is 4.91. The molecule has 7 heteroatoms. The molecule has 104 valence electrons. The van der Waals surface area contributed by atoms with Crippen molar-refractivity contribution >= 4 is 11.7 Å². The summed E-state index contributed by atoms with van der Waals surface area (Å²) in [5.41, 5.74) is 5.54. The molecule has 1 aliphatic heterocycles. The highest BCUT2D eigenvalue weighted by atomic mass is 16.2. The molecular weight excluding hydrogens is 244 g/mol. The summed E-state index contributed by atoms with van der Waals surface area (Å²) < 4.78 is 0. The number of piperidine rings is 1. The molecule has 19 heavy (non-hydrogen) atoms. The molecule has 1 aliphatic rings. The van der Waals surface area contributed by atoms with Crippen molar-refractivity contribution in [3.63, 3.8) is 0 Å². The standard InChI is InChI=1S/C12H20N6O/c1-8-4-3-5-9(2)18(8)17-12(19)10-6-14-7-11(15-10)16-13/h6-9H,3-5,13H2,1-2H3,(H,15,16)(H,17,19). The van der Waals surface area contributed by atoms with E-state index in [-0.39, 0.29) is 11.6 Å². The molecular formula is C12H20N6O. The molecule has 1 fully saturated rings. The zero-order chi connectivity index (χ0) is 13.8. The van der Waals surface area contributed by atoms with Gasteiger partial charge in [0.05, 0.1) is 12.4 Å². The zero-order valence-corrected chi connectivity index (χ0v) is 11.3. The van der Waals surface area contributed by atoms with E-state index in [4.69, 9.17) is 5.84 Å². The minimum Gasteiger partial charge on any atom is -0.307 e. The Morgan fingerprint density at radius 3 is 2.68 bits per heavy atom. The molecule has 4 N–H and O–H groups in total. The first-order valence-electron chi connectivity index (χ1n) is 6.49. The van der Waals surface area contributed by atoms with Crippen LogP contribution in [0, 0.1) is 0 Å². The molecule has 7 nitrogen and oxygen atoms in total. The van der Waals surface area contributed by atoms with Crippen LogP contribution in [0.4, 0.5) is 5.82 Å². The van der Waals surface area contributed by atoms with Crippen LogP contribution in [0.2, 0.25) is 0 Å². The highest BCUT2D eigenvalue weighted by molar-refractivity contribution is 5.91. The highest BCUT2D eigenvalue weighted by Crippen LogP contribution is 2.20. The fourth-order valence-electron chi connectivity index (χ4n) is 2.36. The van der Waals surface area contributed by atoms with Gasteiger partial charge in [-0.15, -0.1) is 0 Å². The van der Waals surface area contributed by atoms with Crippen molar-refractivity contribution in [2.75, 3.05) is 5.43 Å². The van der Waals surface area contributed by atoms with Crippen LogP contribution in [0.25, 0.3) is 0 Å². The van der Waals surface area contributed by atoms with Crippen LogP contribution in [0.3, 0.4) is 0 Å². The number of hydrogen-bond donors (Lipinski definition) is 3. The van der Waals surface area contributed by atoms with Gasteiger partial charge in [-0.2, -0.15) is 0 Å². The summed E-state index contributed by atoms with van der Waals surface area (Å²) in [4.78, 5) is 20.1. The molecule has 2 heterocycles. The van der Waals surface area contributed by atoms with Crippen molar-refractivity contribution in [1.82, 2.24) is 20.4 Å². The number of carbonyl (C=O) groups is 1. The van der Waals surface area contributed by atoms with Crippen LogP contribution in [-0.4, -0.2) is 33.0 Å². The zero-order valence-electron chi connectivity index (χ0n) is 11.3. The molecule has 2 unspecified atom stereocenters. The summed E-state index contributed by atoms with van der Waals surface area (Å²) in [6.07, 6.45) is 6.25. The number of amides is 1. The SMILES string of the molecule is CC1CCCC(C)N1NC(=O)c1cncc(NN)n1. The van der Waals surface area contributed by atoms with Crippen molar-refractivity contribution in [2.45, 2.75) is 45.2 Å². The normalized spacial score (nSPS) is 23.9. The third-order valence-electron chi connectivity index (χ3n) is 3.44. The van der Waals surface area contributed by atoms with E-state index in [0.29, 0.717) is 17.9 Å². The van der Waals surface area contributed by atoms with Gasteiger partial charge in [0.2, 0.25) is 0 Å². The highest BCUT2D eigenvalue weighted by Gasteiger charge is 2.26. The Morgan fingerprint density at radius 1 is 1.37 bits per heavy atom. The average molecular weight is 264 g/mol. The first-order chi connectivity index (χ1) is 9.11. The van der Waals surface area contributed by atoms with E-state index in [9.17, 15) is 4.79 Å². The summed E-state index contributed by atoms with van der Waals surface area (Å²) in [7, 11) is 0. The van der Waals surface area contributed by atoms with Crippen LogP contribution in [0.1, 0.15) is 43.6 Å². The van der Waals surface area contributed by atoms with Gasteiger partial charge in [0.25, 0.3) is 5.91 Å². The largest absolute Gasteiger partial charge is 0.307 e. The number of rotatable bonds is 3. The summed E-state index contributed by atoms with van der Waals surface area (Å²) in [6, 6.07) is 0.660. The molecule has 1 aromatic heterocycles. The van der Waals surface area contributed by atoms with Gasteiger partial charge in [0.15, 0.2) is 5.82 Å². The molecule has 0 aliphatic carbocycles. The number of nitrogen functional groups attached to an aromatic ring is 1. The van der Waals surface area contributed by atoms with Crippen LogP contribution in [-0.2, 0) is 0 Å². The second-order valence-corrected chi connectivity index (χ2v) is 4.91. The van der Waals surface area contributed by atoms with Gasteiger partial charge in [-0.05, 0) is 26.7 Å². The predicted molar refractivity (Wildman–Crippen MR) is 71.9 cm³/mol. The second kappa shape index (κ2) is 5.94. The number of nitrogens with one attached hydrogen (secondary N) is 2. The maximum absolute atomic E-state index is 12.1. The topological polar surface area (TPSA) is 96.2 Å². The van der Waals surface area contributed by atoms with Gasteiger partial charge >= 0.3 is 0 Å². The van der Waals surface area contributed by atoms with E-state index in [1.807, 2.05) is 5.01 Å². The number of nitrogens with two attached hydrogens (primary N) is 1. The minimum absolute atomic E-state index is 0.250. The first kappa shape index (κ1) is 13.7. The van der Waals surface area contributed by atoms with E-state index in [1.165, 1.54) is 18.8 Å².